The molecule has 0 aromatic carbocycles. The maximum atomic E-state index is 4.14. The van der Waals surface area contributed by atoms with Crippen LogP contribution in [-0.2, 0) is 13.6 Å². The van der Waals surface area contributed by atoms with Crippen molar-refractivity contribution in [2.75, 3.05) is 0 Å². The van der Waals surface area contributed by atoms with Gasteiger partial charge in [0, 0.05) is 25.8 Å². The standard InChI is InChI=1S/C10H17N3/c1-13-10(6-7-12-13)8-11-9-4-2-3-5-9/h6-7,9,11H,2-5,8H2,1H3. The quantitative estimate of drug-likeness (QED) is 0.761. The van der Waals surface area contributed by atoms with Crippen LogP contribution in [0, 0.1) is 0 Å². The van der Waals surface area contributed by atoms with E-state index < -0.39 is 0 Å². The molecule has 1 aromatic heterocycles. The van der Waals surface area contributed by atoms with Crippen LogP contribution in [0.25, 0.3) is 0 Å². The molecule has 1 aromatic rings. The largest absolute Gasteiger partial charge is 0.308 e. The van der Waals surface area contributed by atoms with Crippen molar-refractivity contribution in [1.82, 2.24) is 15.1 Å². The Morgan fingerprint density at radius 1 is 1.54 bits per heavy atom. The second kappa shape index (κ2) is 3.92. The lowest BCUT2D eigenvalue weighted by Gasteiger charge is -2.11. The lowest BCUT2D eigenvalue weighted by atomic mass is 10.2. The van der Waals surface area contributed by atoms with Crippen LogP contribution in [0.1, 0.15) is 31.4 Å². The summed E-state index contributed by atoms with van der Waals surface area (Å²) in [5.74, 6) is 0. The van der Waals surface area contributed by atoms with E-state index in [2.05, 4.69) is 16.5 Å². The van der Waals surface area contributed by atoms with Gasteiger partial charge < -0.3 is 5.32 Å². The molecular formula is C10H17N3. The Morgan fingerprint density at radius 2 is 2.31 bits per heavy atom. The Labute approximate surface area is 79.1 Å². The summed E-state index contributed by atoms with van der Waals surface area (Å²) in [6, 6.07) is 2.82. The average Bonchev–Trinajstić information content (AvgIpc) is 2.72. The van der Waals surface area contributed by atoms with Gasteiger partial charge in [0.2, 0.25) is 0 Å². The first-order valence-corrected chi connectivity index (χ1v) is 5.06. The first-order valence-electron chi connectivity index (χ1n) is 5.06. The van der Waals surface area contributed by atoms with Gasteiger partial charge in [-0.2, -0.15) is 5.10 Å². The van der Waals surface area contributed by atoms with Crippen molar-refractivity contribution in [2.45, 2.75) is 38.3 Å². The van der Waals surface area contributed by atoms with Crippen molar-refractivity contribution in [1.29, 1.82) is 0 Å². The number of aryl methyl sites for hydroxylation is 1. The zero-order chi connectivity index (χ0) is 9.10. The minimum absolute atomic E-state index is 0.745. The van der Waals surface area contributed by atoms with Crippen LogP contribution in [0.4, 0.5) is 0 Å². The van der Waals surface area contributed by atoms with Crippen LogP contribution < -0.4 is 5.32 Å². The van der Waals surface area contributed by atoms with E-state index in [0.29, 0.717) is 0 Å². The van der Waals surface area contributed by atoms with Gasteiger partial charge in [-0.3, -0.25) is 4.68 Å². The smallest absolute Gasteiger partial charge is 0.0518 e. The Kier molecular flexibility index (Phi) is 2.64. The maximum Gasteiger partial charge on any atom is 0.0518 e. The summed E-state index contributed by atoms with van der Waals surface area (Å²) in [6.45, 7) is 0.959. The number of hydrogen-bond donors (Lipinski definition) is 1. The summed E-state index contributed by atoms with van der Waals surface area (Å²) in [7, 11) is 1.99. The Morgan fingerprint density at radius 3 is 2.92 bits per heavy atom. The fourth-order valence-electron chi connectivity index (χ4n) is 1.95. The monoisotopic (exact) mass is 179 g/mol. The van der Waals surface area contributed by atoms with E-state index >= 15 is 0 Å². The molecule has 1 N–H and O–H groups in total. The fourth-order valence-corrected chi connectivity index (χ4v) is 1.95. The number of nitrogens with zero attached hydrogens (tertiary/aromatic N) is 2. The van der Waals surface area contributed by atoms with Crippen molar-refractivity contribution in [3.05, 3.63) is 18.0 Å². The van der Waals surface area contributed by atoms with Crippen molar-refractivity contribution < 1.29 is 0 Å². The van der Waals surface area contributed by atoms with Crippen molar-refractivity contribution in [3.8, 4) is 0 Å². The van der Waals surface area contributed by atoms with Gasteiger partial charge in [0.25, 0.3) is 0 Å². The highest BCUT2D eigenvalue weighted by molar-refractivity contribution is 4.99. The van der Waals surface area contributed by atoms with E-state index in [1.54, 1.807) is 0 Å². The third-order valence-electron chi connectivity index (χ3n) is 2.85. The molecule has 0 saturated heterocycles. The van der Waals surface area contributed by atoms with Gasteiger partial charge in [-0.1, -0.05) is 12.8 Å². The third-order valence-corrected chi connectivity index (χ3v) is 2.85. The molecule has 0 radical (unpaired) electrons. The third kappa shape index (κ3) is 2.10. The van der Waals surface area contributed by atoms with Crippen LogP contribution in [0.2, 0.25) is 0 Å². The molecule has 0 amide bonds. The molecule has 0 spiro atoms. The van der Waals surface area contributed by atoms with Crippen molar-refractivity contribution in [2.24, 2.45) is 7.05 Å². The van der Waals surface area contributed by atoms with Gasteiger partial charge in [-0.25, -0.2) is 0 Å². The molecule has 0 atom stereocenters. The number of rotatable bonds is 3. The summed E-state index contributed by atoms with van der Waals surface area (Å²) in [5, 5.41) is 7.70. The van der Waals surface area contributed by atoms with Gasteiger partial charge in [0.15, 0.2) is 0 Å². The molecule has 1 aliphatic rings. The Hall–Kier alpha value is -0.830. The molecular weight excluding hydrogens is 162 g/mol. The average molecular weight is 179 g/mol. The lowest BCUT2D eigenvalue weighted by Crippen LogP contribution is -2.26. The molecule has 2 rings (SSSR count). The molecule has 3 nitrogen and oxygen atoms in total. The minimum atomic E-state index is 0.745. The van der Waals surface area contributed by atoms with E-state index in [0.717, 1.165) is 12.6 Å². The summed E-state index contributed by atoms with van der Waals surface area (Å²) in [5.41, 5.74) is 1.27. The highest BCUT2D eigenvalue weighted by Crippen LogP contribution is 2.17. The highest BCUT2D eigenvalue weighted by atomic mass is 15.3. The van der Waals surface area contributed by atoms with Gasteiger partial charge >= 0.3 is 0 Å². The molecule has 0 unspecified atom stereocenters. The predicted octanol–water partition coefficient (Wildman–Crippen LogP) is 1.45. The van der Waals surface area contributed by atoms with Crippen molar-refractivity contribution in [3.63, 3.8) is 0 Å². The minimum Gasteiger partial charge on any atom is -0.308 e. The van der Waals surface area contributed by atoms with Crippen LogP contribution in [0.5, 0.6) is 0 Å². The summed E-state index contributed by atoms with van der Waals surface area (Å²) >= 11 is 0. The molecule has 1 aliphatic carbocycles. The molecule has 1 fully saturated rings. The summed E-state index contributed by atoms with van der Waals surface area (Å²) in [4.78, 5) is 0. The fraction of sp³-hybridized carbons (Fsp3) is 0.700. The van der Waals surface area contributed by atoms with Gasteiger partial charge in [0.1, 0.15) is 0 Å². The summed E-state index contributed by atoms with van der Waals surface area (Å²) < 4.78 is 1.93. The van der Waals surface area contributed by atoms with Gasteiger partial charge in [-0.05, 0) is 18.9 Å². The van der Waals surface area contributed by atoms with E-state index in [9.17, 15) is 0 Å². The number of aromatic nitrogens is 2. The van der Waals surface area contributed by atoms with Crippen molar-refractivity contribution >= 4 is 0 Å². The zero-order valence-electron chi connectivity index (χ0n) is 8.16. The maximum absolute atomic E-state index is 4.14. The lowest BCUT2D eigenvalue weighted by molar-refractivity contribution is 0.508. The van der Waals surface area contributed by atoms with Crippen LogP contribution in [0.3, 0.4) is 0 Å². The Balaban J connectivity index is 1.82. The van der Waals surface area contributed by atoms with E-state index in [-0.39, 0.29) is 0 Å². The van der Waals surface area contributed by atoms with Crippen LogP contribution >= 0.6 is 0 Å². The van der Waals surface area contributed by atoms with Crippen LogP contribution in [0.15, 0.2) is 12.3 Å². The normalized spacial score (nSPS) is 18.2. The SMILES string of the molecule is Cn1nccc1CNC1CCCC1. The van der Waals surface area contributed by atoms with Gasteiger partial charge in [0.05, 0.1) is 5.69 Å². The molecule has 13 heavy (non-hydrogen) atoms. The Bertz CT molecular complexity index is 261. The second-order valence-corrected chi connectivity index (χ2v) is 3.81. The topological polar surface area (TPSA) is 29.9 Å². The first-order chi connectivity index (χ1) is 6.36. The zero-order valence-corrected chi connectivity index (χ0v) is 8.16. The second-order valence-electron chi connectivity index (χ2n) is 3.81. The molecule has 0 bridgehead atoms. The molecule has 1 saturated carbocycles. The first kappa shape index (κ1) is 8.75. The molecule has 0 aliphatic heterocycles. The molecule has 1 heterocycles. The van der Waals surface area contributed by atoms with E-state index in [1.165, 1.54) is 31.4 Å². The number of hydrogen-bond acceptors (Lipinski definition) is 2. The summed E-state index contributed by atoms with van der Waals surface area (Å²) in [6.07, 6.45) is 7.33. The highest BCUT2D eigenvalue weighted by Gasteiger charge is 2.14. The van der Waals surface area contributed by atoms with E-state index in [1.807, 2.05) is 17.9 Å². The number of nitrogens with one attached hydrogen (secondary N) is 1. The molecule has 3 heteroatoms. The predicted molar refractivity (Wildman–Crippen MR) is 52.3 cm³/mol. The van der Waals surface area contributed by atoms with Gasteiger partial charge in [-0.15, -0.1) is 0 Å². The van der Waals surface area contributed by atoms with Crippen LogP contribution in [-0.4, -0.2) is 15.8 Å². The molecule has 72 valence electrons. The van der Waals surface area contributed by atoms with E-state index in [4.69, 9.17) is 0 Å².